The molecule has 3 rings (SSSR count). The van der Waals surface area contributed by atoms with E-state index in [0.717, 1.165) is 6.33 Å². The molecule has 0 radical (unpaired) electrons. The molecule has 0 bridgehead atoms. The van der Waals surface area contributed by atoms with Gasteiger partial charge in [0.05, 0.1) is 6.61 Å². The second-order valence-electron chi connectivity index (χ2n) is 5.01. The second kappa shape index (κ2) is 6.17. The molecule has 0 unspecified atom stereocenters. The van der Waals surface area contributed by atoms with Gasteiger partial charge in [-0.1, -0.05) is 0 Å². The number of fused-ring (bicyclic) bond motifs is 1. The van der Waals surface area contributed by atoms with Crippen molar-refractivity contribution in [3.8, 4) is 0 Å². The van der Waals surface area contributed by atoms with Gasteiger partial charge in [0.15, 0.2) is 23.2 Å². The molecule has 2 aromatic heterocycles. The first-order valence-corrected chi connectivity index (χ1v) is 8.45. The predicted molar refractivity (Wildman–Crippen MR) is 78.7 cm³/mol. The average molecular weight is 382 g/mol. The van der Waals surface area contributed by atoms with E-state index in [1.54, 1.807) is 0 Å². The molecule has 0 aromatic carbocycles. The van der Waals surface area contributed by atoms with Crippen LogP contribution in [0.3, 0.4) is 0 Å². The van der Waals surface area contributed by atoms with E-state index >= 15 is 0 Å². The summed E-state index contributed by atoms with van der Waals surface area (Å²) in [6, 6.07) is 0. The standard InChI is InChI=1S/C10H13ClN5O7P/c11-10-15-4-7(12)13-2-14-8(4)16(10)9-6(18)5(17)3(23-9)1-22-24(19,20)21/h2-3,5-6,9,17-18H,1H2,(H2,12,13,14)(H2,19,20,21)/t3-,5-,6-,9-/m1/s1. The number of rotatable bonds is 4. The summed E-state index contributed by atoms with van der Waals surface area (Å²) in [7, 11) is -4.75. The number of halogens is 1. The Balaban J connectivity index is 1.92. The molecule has 1 aliphatic heterocycles. The van der Waals surface area contributed by atoms with E-state index in [-0.39, 0.29) is 22.3 Å². The summed E-state index contributed by atoms with van der Waals surface area (Å²) in [6.07, 6.45) is -4.20. The highest BCUT2D eigenvalue weighted by Gasteiger charge is 2.46. The largest absolute Gasteiger partial charge is 0.469 e. The van der Waals surface area contributed by atoms with Crippen molar-refractivity contribution in [2.24, 2.45) is 0 Å². The van der Waals surface area contributed by atoms with Gasteiger partial charge in [0.1, 0.15) is 24.6 Å². The Hall–Kier alpha value is -1.37. The first kappa shape index (κ1) is 17.5. The second-order valence-corrected chi connectivity index (χ2v) is 6.59. The minimum Gasteiger partial charge on any atom is -0.387 e. The molecule has 1 fully saturated rings. The van der Waals surface area contributed by atoms with Gasteiger partial charge in [-0.3, -0.25) is 9.09 Å². The van der Waals surface area contributed by atoms with Crippen LogP contribution in [0.15, 0.2) is 6.33 Å². The average Bonchev–Trinajstić information content (AvgIpc) is 2.96. The molecule has 1 saturated heterocycles. The minimum atomic E-state index is -4.75. The van der Waals surface area contributed by atoms with E-state index in [9.17, 15) is 14.8 Å². The number of nitrogen functional groups attached to an aromatic ring is 1. The van der Waals surface area contributed by atoms with Crippen molar-refractivity contribution in [2.45, 2.75) is 24.5 Å². The molecular weight excluding hydrogens is 369 g/mol. The van der Waals surface area contributed by atoms with Crippen LogP contribution in [-0.2, 0) is 13.8 Å². The molecule has 0 aliphatic carbocycles. The van der Waals surface area contributed by atoms with Crippen molar-refractivity contribution >= 4 is 36.4 Å². The maximum Gasteiger partial charge on any atom is 0.469 e. The highest BCUT2D eigenvalue weighted by Crippen LogP contribution is 2.39. The number of aliphatic hydroxyl groups excluding tert-OH is 2. The van der Waals surface area contributed by atoms with E-state index in [0.29, 0.717) is 0 Å². The van der Waals surface area contributed by atoms with Crippen LogP contribution in [0.5, 0.6) is 0 Å². The number of ether oxygens (including phenoxy) is 1. The first-order chi connectivity index (χ1) is 11.2. The summed E-state index contributed by atoms with van der Waals surface area (Å²) < 4.78 is 21.7. The van der Waals surface area contributed by atoms with Gasteiger partial charge >= 0.3 is 7.82 Å². The Kier molecular flexibility index (Phi) is 4.49. The molecule has 6 N–H and O–H groups in total. The lowest BCUT2D eigenvalue weighted by atomic mass is 10.1. The number of hydrogen-bond acceptors (Lipinski definition) is 9. The lowest BCUT2D eigenvalue weighted by Crippen LogP contribution is -2.33. The first-order valence-electron chi connectivity index (χ1n) is 6.54. The maximum atomic E-state index is 10.8. The highest BCUT2D eigenvalue weighted by atomic mass is 35.5. The van der Waals surface area contributed by atoms with Crippen LogP contribution < -0.4 is 5.73 Å². The van der Waals surface area contributed by atoms with E-state index in [1.165, 1.54) is 4.57 Å². The predicted octanol–water partition coefficient (Wildman–Crippen LogP) is -1.21. The van der Waals surface area contributed by atoms with Gasteiger partial charge in [-0.25, -0.2) is 19.5 Å². The van der Waals surface area contributed by atoms with Gasteiger partial charge < -0.3 is 30.5 Å². The maximum absolute atomic E-state index is 10.8. The molecule has 0 spiro atoms. The van der Waals surface area contributed by atoms with Gasteiger partial charge in [-0.05, 0) is 11.6 Å². The summed E-state index contributed by atoms with van der Waals surface area (Å²) >= 11 is 6.03. The van der Waals surface area contributed by atoms with Gasteiger partial charge in [0.25, 0.3) is 0 Å². The van der Waals surface area contributed by atoms with Crippen molar-refractivity contribution in [1.82, 2.24) is 19.5 Å². The van der Waals surface area contributed by atoms with Crippen molar-refractivity contribution < 1.29 is 33.8 Å². The number of anilines is 1. The number of aliphatic hydroxyl groups is 2. The topological polar surface area (TPSA) is 186 Å². The summed E-state index contributed by atoms with van der Waals surface area (Å²) in [5.41, 5.74) is 6.03. The number of phosphoric acid groups is 1. The van der Waals surface area contributed by atoms with Crippen LogP contribution >= 0.6 is 19.4 Å². The smallest absolute Gasteiger partial charge is 0.387 e. The number of aromatic nitrogens is 4. The van der Waals surface area contributed by atoms with Crippen molar-refractivity contribution in [1.29, 1.82) is 0 Å². The van der Waals surface area contributed by atoms with E-state index < -0.39 is 39.0 Å². The number of phosphoric ester groups is 1. The van der Waals surface area contributed by atoms with Crippen LogP contribution in [-0.4, -0.2) is 64.4 Å². The molecule has 0 saturated carbocycles. The van der Waals surface area contributed by atoms with Crippen LogP contribution in [0.2, 0.25) is 5.28 Å². The Labute approximate surface area is 139 Å². The normalized spacial score (nSPS) is 27.9. The fourth-order valence-electron chi connectivity index (χ4n) is 2.38. The third-order valence-electron chi connectivity index (χ3n) is 3.46. The quantitative estimate of drug-likeness (QED) is 0.316. The molecular formula is C10H13ClN5O7P. The molecule has 14 heteroatoms. The van der Waals surface area contributed by atoms with Crippen LogP contribution in [0.4, 0.5) is 5.82 Å². The molecule has 0 amide bonds. The van der Waals surface area contributed by atoms with Crippen molar-refractivity contribution in [3.05, 3.63) is 11.6 Å². The SMILES string of the molecule is Nc1ncnc2c1nc(Cl)n2[C@@H]1O[C@H](COP(=O)(O)O)[C@@H](O)[C@H]1O. The number of nitrogens with two attached hydrogens (primary N) is 1. The summed E-state index contributed by atoms with van der Waals surface area (Å²) in [4.78, 5) is 29.2. The number of hydrogen-bond donors (Lipinski definition) is 5. The van der Waals surface area contributed by atoms with Gasteiger partial charge in [0.2, 0.25) is 5.28 Å². The summed E-state index contributed by atoms with van der Waals surface area (Å²) in [5, 5.41) is 20.1. The number of imidazole rings is 1. The third-order valence-corrected chi connectivity index (χ3v) is 4.21. The Morgan fingerprint density at radius 2 is 2.08 bits per heavy atom. The fraction of sp³-hybridized carbons (Fsp3) is 0.500. The van der Waals surface area contributed by atoms with Crippen LogP contribution in [0.25, 0.3) is 11.2 Å². The van der Waals surface area contributed by atoms with Gasteiger partial charge in [-0.15, -0.1) is 0 Å². The summed E-state index contributed by atoms with van der Waals surface area (Å²) in [5.74, 6) is 0.0649. The fourth-order valence-corrected chi connectivity index (χ4v) is 2.98. The Morgan fingerprint density at radius 1 is 1.38 bits per heavy atom. The lowest BCUT2D eigenvalue weighted by Gasteiger charge is -2.17. The Bertz CT molecular complexity index is 812. The Morgan fingerprint density at radius 3 is 2.75 bits per heavy atom. The van der Waals surface area contributed by atoms with Crippen LogP contribution in [0, 0.1) is 0 Å². The highest BCUT2D eigenvalue weighted by molar-refractivity contribution is 7.46. The zero-order valence-corrected chi connectivity index (χ0v) is 13.4. The molecule has 4 atom stereocenters. The molecule has 24 heavy (non-hydrogen) atoms. The number of nitrogens with zero attached hydrogens (tertiary/aromatic N) is 4. The molecule has 132 valence electrons. The minimum absolute atomic E-state index is 0.0649. The van der Waals surface area contributed by atoms with Crippen molar-refractivity contribution in [3.63, 3.8) is 0 Å². The zero-order chi connectivity index (χ0) is 17.6. The monoisotopic (exact) mass is 381 g/mol. The van der Waals surface area contributed by atoms with Crippen LogP contribution in [0.1, 0.15) is 6.23 Å². The molecule has 1 aliphatic rings. The van der Waals surface area contributed by atoms with E-state index in [2.05, 4.69) is 19.5 Å². The molecule has 3 heterocycles. The van der Waals surface area contributed by atoms with Gasteiger partial charge in [0, 0.05) is 0 Å². The lowest BCUT2D eigenvalue weighted by molar-refractivity contribution is -0.0502. The third kappa shape index (κ3) is 3.10. The van der Waals surface area contributed by atoms with E-state index in [4.69, 9.17) is 31.9 Å². The molecule has 2 aromatic rings. The van der Waals surface area contributed by atoms with E-state index in [1.807, 2.05) is 0 Å². The summed E-state index contributed by atoms with van der Waals surface area (Å²) in [6.45, 7) is -0.639. The molecule has 12 nitrogen and oxygen atoms in total. The zero-order valence-electron chi connectivity index (χ0n) is 11.8. The van der Waals surface area contributed by atoms with Crippen molar-refractivity contribution in [2.75, 3.05) is 12.3 Å². The van der Waals surface area contributed by atoms with Gasteiger partial charge in [-0.2, -0.15) is 0 Å².